The molecule has 1 atom stereocenters. The Kier molecular flexibility index (Phi) is 5.83. The molecule has 1 unspecified atom stereocenters. The maximum atomic E-state index is 11.9. The molecule has 1 N–H and O–H groups in total. The van der Waals surface area contributed by atoms with Gasteiger partial charge in [0.15, 0.2) is 6.10 Å². The van der Waals surface area contributed by atoms with Gasteiger partial charge in [0.2, 0.25) is 0 Å². The van der Waals surface area contributed by atoms with Crippen molar-refractivity contribution >= 4 is 5.91 Å². The number of rotatable bonds is 7. The lowest BCUT2D eigenvalue weighted by atomic mass is 10.2. The molecule has 0 aliphatic rings. The zero-order valence-corrected chi connectivity index (χ0v) is 12.9. The van der Waals surface area contributed by atoms with Crippen molar-refractivity contribution < 1.29 is 14.3 Å². The summed E-state index contributed by atoms with van der Waals surface area (Å²) in [6.45, 7) is 4.61. The number of nitrogens with one attached hydrogen (secondary N) is 1. The van der Waals surface area contributed by atoms with E-state index in [1.807, 2.05) is 61.5 Å². The van der Waals surface area contributed by atoms with E-state index in [0.717, 1.165) is 5.75 Å². The van der Waals surface area contributed by atoms with Gasteiger partial charge < -0.3 is 14.8 Å². The molecule has 2 aromatic rings. The van der Waals surface area contributed by atoms with Crippen LogP contribution in [-0.4, -0.2) is 25.2 Å². The number of hydrogen-bond acceptors (Lipinski definition) is 3. The van der Waals surface area contributed by atoms with E-state index < -0.39 is 6.10 Å². The summed E-state index contributed by atoms with van der Waals surface area (Å²) in [4.78, 5) is 11.9. The molecule has 0 fully saturated rings. The van der Waals surface area contributed by atoms with Crippen molar-refractivity contribution in [2.24, 2.45) is 0 Å². The van der Waals surface area contributed by atoms with Gasteiger partial charge in [0.25, 0.3) is 5.91 Å². The molecule has 1 amide bonds. The van der Waals surface area contributed by atoms with E-state index >= 15 is 0 Å². The first-order valence-corrected chi connectivity index (χ1v) is 7.34. The van der Waals surface area contributed by atoms with E-state index in [0.29, 0.717) is 18.9 Å². The lowest BCUT2D eigenvalue weighted by molar-refractivity contribution is -0.127. The van der Waals surface area contributed by atoms with Gasteiger partial charge in [-0.05, 0) is 38.1 Å². The minimum Gasteiger partial charge on any atom is -0.492 e. The Hall–Kier alpha value is -2.49. The first-order chi connectivity index (χ1) is 10.6. The molecular weight excluding hydrogens is 278 g/mol. The van der Waals surface area contributed by atoms with Gasteiger partial charge in [-0.2, -0.15) is 0 Å². The van der Waals surface area contributed by atoms with E-state index in [4.69, 9.17) is 9.47 Å². The van der Waals surface area contributed by atoms with E-state index in [9.17, 15) is 4.79 Å². The number of para-hydroxylation sites is 1. The molecule has 22 heavy (non-hydrogen) atoms. The van der Waals surface area contributed by atoms with Crippen molar-refractivity contribution in [3.05, 3.63) is 60.2 Å². The summed E-state index contributed by atoms with van der Waals surface area (Å²) in [5.74, 6) is 1.32. The van der Waals surface area contributed by atoms with Crippen LogP contribution in [0.4, 0.5) is 0 Å². The Morgan fingerprint density at radius 3 is 2.41 bits per heavy atom. The molecule has 2 rings (SSSR count). The van der Waals surface area contributed by atoms with Gasteiger partial charge in [-0.3, -0.25) is 4.79 Å². The van der Waals surface area contributed by atoms with Crippen LogP contribution in [0, 0.1) is 6.92 Å². The number of carbonyl (C=O) groups excluding carboxylic acids is 1. The highest BCUT2D eigenvalue weighted by atomic mass is 16.5. The Morgan fingerprint density at radius 1 is 1.05 bits per heavy atom. The molecule has 0 aliphatic carbocycles. The summed E-state index contributed by atoms with van der Waals surface area (Å²) >= 11 is 0. The third-order valence-corrected chi connectivity index (χ3v) is 3.12. The highest BCUT2D eigenvalue weighted by Gasteiger charge is 2.13. The van der Waals surface area contributed by atoms with Gasteiger partial charge in [-0.25, -0.2) is 0 Å². The lowest BCUT2D eigenvalue weighted by Gasteiger charge is -2.14. The lowest BCUT2D eigenvalue weighted by Crippen LogP contribution is -2.38. The van der Waals surface area contributed by atoms with Crippen LogP contribution >= 0.6 is 0 Å². The standard InChI is InChI=1S/C18H21NO3/c1-14-8-10-16(11-9-14)21-13-12-19-18(20)15(2)22-17-6-4-3-5-7-17/h3-11,15H,12-13H2,1-2H3,(H,19,20). The number of aryl methyl sites for hydroxylation is 1. The summed E-state index contributed by atoms with van der Waals surface area (Å²) in [5.41, 5.74) is 1.19. The summed E-state index contributed by atoms with van der Waals surface area (Å²) in [6, 6.07) is 17.1. The van der Waals surface area contributed by atoms with E-state index in [-0.39, 0.29) is 5.91 Å². The zero-order chi connectivity index (χ0) is 15.8. The van der Waals surface area contributed by atoms with Crippen LogP contribution in [0.5, 0.6) is 11.5 Å². The molecule has 116 valence electrons. The summed E-state index contributed by atoms with van der Waals surface area (Å²) < 4.78 is 11.1. The van der Waals surface area contributed by atoms with Gasteiger partial charge in [-0.15, -0.1) is 0 Å². The number of carbonyl (C=O) groups is 1. The average molecular weight is 299 g/mol. The molecule has 0 heterocycles. The predicted octanol–water partition coefficient (Wildman–Crippen LogP) is 2.96. The minimum atomic E-state index is -0.540. The third-order valence-electron chi connectivity index (χ3n) is 3.12. The van der Waals surface area contributed by atoms with Gasteiger partial charge in [0.05, 0.1) is 6.54 Å². The Labute approximate surface area is 131 Å². The Morgan fingerprint density at radius 2 is 1.73 bits per heavy atom. The van der Waals surface area contributed by atoms with Crippen molar-refractivity contribution in [1.29, 1.82) is 0 Å². The third kappa shape index (κ3) is 5.13. The minimum absolute atomic E-state index is 0.156. The van der Waals surface area contributed by atoms with Crippen LogP contribution < -0.4 is 14.8 Å². The van der Waals surface area contributed by atoms with Gasteiger partial charge in [-0.1, -0.05) is 35.9 Å². The maximum Gasteiger partial charge on any atom is 0.260 e. The molecular formula is C18H21NO3. The van der Waals surface area contributed by atoms with E-state index in [1.165, 1.54) is 5.56 Å². The number of ether oxygens (including phenoxy) is 2. The topological polar surface area (TPSA) is 47.6 Å². The average Bonchev–Trinajstić information content (AvgIpc) is 2.54. The second-order valence-electron chi connectivity index (χ2n) is 5.03. The van der Waals surface area contributed by atoms with Gasteiger partial charge in [0.1, 0.15) is 18.1 Å². The first-order valence-electron chi connectivity index (χ1n) is 7.34. The van der Waals surface area contributed by atoms with Crippen LogP contribution in [0.2, 0.25) is 0 Å². The molecule has 4 nitrogen and oxygen atoms in total. The van der Waals surface area contributed by atoms with E-state index in [2.05, 4.69) is 5.32 Å². The Bertz CT molecular complexity index is 581. The maximum absolute atomic E-state index is 11.9. The molecule has 0 bridgehead atoms. The molecule has 2 aromatic carbocycles. The van der Waals surface area contributed by atoms with Crippen LogP contribution in [-0.2, 0) is 4.79 Å². The van der Waals surface area contributed by atoms with Crippen LogP contribution in [0.1, 0.15) is 12.5 Å². The van der Waals surface area contributed by atoms with Crippen LogP contribution in [0.3, 0.4) is 0 Å². The van der Waals surface area contributed by atoms with Crippen LogP contribution in [0.15, 0.2) is 54.6 Å². The molecule has 4 heteroatoms. The monoisotopic (exact) mass is 299 g/mol. The van der Waals surface area contributed by atoms with Crippen molar-refractivity contribution in [2.75, 3.05) is 13.2 Å². The summed E-state index contributed by atoms with van der Waals surface area (Å²) in [5, 5.41) is 2.80. The number of amides is 1. The van der Waals surface area contributed by atoms with Crippen molar-refractivity contribution in [2.45, 2.75) is 20.0 Å². The van der Waals surface area contributed by atoms with Gasteiger partial charge >= 0.3 is 0 Å². The summed E-state index contributed by atoms with van der Waals surface area (Å²) in [6.07, 6.45) is -0.540. The van der Waals surface area contributed by atoms with Crippen molar-refractivity contribution in [1.82, 2.24) is 5.32 Å². The normalized spacial score (nSPS) is 11.5. The summed E-state index contributed by atoms with van der Waals surface area (Å²) in [7, 11) is 0. The molecule has 0 saturated heterocycles. The molecule has 0 aliphatic heterocycles. The first kappa shape index (κ1) is 15.9. The SMILES string of the molecule is Cc1ccc(OCCNC(=O)C(C)Oc2ccccc2)cc1. The smallest absolute Gasteiger partial charge is 0.260 e. The second-order valence-corrected chi connectivity index (χ2v) is 5.03. The fraction of sp³-hybridized carbons (Fsp3) is 0.278. The number of hydrogen-bond donors (Lipinski definition) is 1. The second kappa shape index (κ2) is 8.08. The molecule has 0 spiro atoms. The molecule has 0 aromatic heterocycles. The van der Waals surface area contributed by atoms with Crippen molar-refractivity contribution in [3.8, 4) is 11.5 Å². The molecule has 0 saturated carbocycles. The largest absolute Gasteiger partial charge is 0.492 e. The van der Waals surface area contributed by atoms with E-state index in [1.54, 1.807) is 6.92 Å². The fourth-order valence-corrected chi connectivity index (χ4v) is 1.88. The van der Waals surface area contributed by atoms with Gasteiger partial charge in [0, 0.05) is 0 Å². The zero-order valence-electron chi connectivity index (χ0n) is 12.9. The Balaban J connectivity index is 1.67. The van der Waals surface area contributed by atoms with Crippen molar-refractivity contribution in [3.63, 3.8) is 0 Å². The van der Waals surface area contributed by atoms with Crippen LogP contribution in [0.25, 0.3) is 0 Å². The number of benzene rings is 2. The molecule has 0 radical (unpaired) electrons. The highest BCUT2D eigenvalue weighted by molar-refractivity contribution is 5.80. The fourth-order valence-electron chi connectivity index (χ4n) is 1.88. The highest BCUT2D eigenvalue weighted by Crippen LogP contribution is 2.11. The quantitative estimate of drug-likeness (QED) is 0.800. The predicted molar refractivity (Wildman–Crippen MR) is 86.2 cm³/mol.